The fourth-order valence-corrected chi connectivity index (χ4v) is 2.41. The van der Waals surface area contributed by atoms with Gasteiger partial charge in [0.15, 0.2) is 0 Å². The van der Waals surface area contributed by atoms with Crippen LogP contribution in [0.5, 0.6) is 0 Å². The third-order valence-corrected chi connectivity index (χ3v) is 3.56. The van der Waals surface area contributed by atoms with Crippen molar-refractivity contribution in [2.45, 2.75) is 32.9 Å². The van der Waals surface area contributed by atoms with Gasteiger partial charge >= 0.3 is 0 Å². The van der Waals surface area contributed by atoms with E-state index in [1.807, 2.05) is 37.4 Å². The molecule has 0 bridgehead atoms. The second kappa shape index (κ2) is 6.62. The predicted molar refractivity (Wildman–Crippen MR) is 84.5 cm³/mol. The number of aryl methyl sites for hydroxylation is 1. The van der Waals surface area contributed by atoms with Crippen LogP contribution in [0.2, 0.25) is 5.02 Å². The summed E-state index contributed by atoms with van der Waals surface area (Å²) in [7, 11) is 0. The predicted octanol–water partition coefficient (Wildman–Crippen LogP) is 4.08. The zero-order chi connectivity index (χ0) is 14.5. The summed E-state index contributed by atoms with van der Waals surface area (Å²) in [6, 6.07) is 11.4. The molecule has 3 nitrogen and oxygen atoms in total. The molecule has 0 aliphatic heterocycles. The van der Waals surface area contributed by atoms with E-state index in [2.05, 4.69) is 18.3 Å². The van der Waals surface area contributed by atoms with Gasteiger partial charge in [-0.1, -0.05) is 30.7 Å². The molecule has 4 heteroatoms. The molecule has 0 aliphatic rings. The Hall–Kier alpha value is -1.74. The van der Waals surface area contributed by atoms with Crippen LogP contribution in [0.15, 0.2) is 47.4 Å². The summed E-state index contributed by atoms with van der Waals surface area (Å²) in [5.41, 5.74) is 2.11. The van der Waals surface area contributed by atoms with Crippen LogP contribution in [-0.4, -0.2) is 4.57 Å². The topological polar surface area (TPSA) is 34.0 Å². The number of nitrogens with zero attached hydrogens (tertiary/aromatic N) is 1. The molecular formula is C16H19ClN2O. The molecule has 0 fully saturated rings. The average molecular weight is 291 g/mol. The van der Waals surface area contributed by atoms with Crippen LogP contribution >= 0.6 is 11.6 Å². The summed E-state index contributed by atoms with van der Waals surface area (Å²) in [4.78, 5) is 11.6. The molecule has 0 spiro atoms. The number of halogens is 1. The summed E-state index contributed by atoms with van der Waals surface area (Å²) in [5.74, 6) is 0. The lowest BCUT2D eigenvalue weighted by atomic mass is 10.0. The van der Waals surface area contributed by atoms with Crippen LogP contribution in [0.3, 0.4) is 0 Å². The zero-order valence-electron chi connectivity index (χ0n) is 11.8. The van der Waals surface area contributed by atoms with Crippen molar-refractivity contribution in [2.75, 3.05) is 5.32 Å². The molecule has 0 saturated heterocycles. The van der Waals surface area contributed by atoms with E-state index in [1.54, 1.807) is 10.6 Å². The average Bonchev–Trinajstić information content (AvgIpc) is 2.46. The van der Waals surface area contributed by atoms with Gasteiger partial charge < -0.3 is 9.88 Å². The second-order valence-electron chi connectivity index (χ2n) is 4.70. The van der Waals surface area contributed by atoms with E-state index in [9.17, 15) is 4.79 Å². The maximum absolute atomic E-state index is 11.6. The first kappa shape index (κ1) is 14.7. The molecular weight excluding hydrogens is 272 g/mol. The number of hydrogen-bond donors (Lipinski definition) is 1. The van der Waals surface area contributed by atoms with E-state index in [0.29, 0.717) is 6.54 Å². The Bertz CT molecular complexity index is 636. The van der Waals surface area contributed by atoms with E-state index in [-0.39, 0.29) is 11.6 Å². The van der Waals surface area contributed by atoms with Gasteiger partial charge in [0.25, 0.3) is 5.56 Å². The van der Waals surface area contributed by atoms with Crippen molar-refractivity contribution in [3.05, 3.63) is 63.5 Å². The first-order chi connectivity index (χ1) is 9.63. The van der Waals surface area contributed by atoms with Crippen LogP contribution < -0.4 is 10.9 Å². The smallest absolute Gasteiger partial charge is 0.250 e. The van der Waals surface area contributed by atoms with Crippen molar-refractivity contribution < 1.29 is 0 Å². The van der Waals surface area contributed by atoms with Crippen molar-refractivity contribution in [1.82, 2.24) is 4.57 Å². The molecule has 1 unspecified atom stereocenters. The lowest BCUT2D eigenvalue weighted by Gasteiger charge is -2.19. The Kier molecular flexibility index (Phi) is 4.85. The Labute approximate surface area is 124 Å². The highest BCUT2D eigenvalue weighted by molar-refractivity contribution is 6.30. The van der Waals surface area contributed by atoms with Crippen molar-refractivity contribution in [3.8, 4) is 0 Å². The number of nitrogens with one attached hydrogen (secondary N) is 1. The number of pyridine rings is 1. The first-order valence-corrected chi connectivity index (χ1v) is 7.24. The third kappa shape index (κ3) is 3.42. The largest absolute Gasteiger partial charge is 0.377 e. The van der Waals surface area contributed by atoms with E-state index in [1.165, 1.54) is 0 Å². The molecule has 0 aliphatic carbocycles. The Morgan fingerprint density at radius 1 is 1.25 bits per heavy atom. The van der Waals surface area contributed by atoms with Gasteiger partial charge in [-0.15, -0.1) is 0 Å². The highest BCUT2D eigenvalue weighted by Crippen LogP contribution is 2.24. The van der Waals surface area contributed by atoms with Gasteiger partial charge in [-0.25, -0.2) is 0 Å². The molecule has 1 heterocycles. The molecule has 1 atom stereocenters. The van der Waals surface area contributed by atoms with Gasteiger partial charge in [0.1, 0.15) is 0 Å². The van der Waals surface area contributed by atoms with Crippen molar-refractivity contribution >= 4 is 17.3 Å². The second-order valence-corrected chi connectivity index (χ2v) is 5.14. The monoisotopic (exact) mass is 290 g/mol. The summed E-state index contributed by atoms with van der Waals surface area (Å²) < 4.78 is 1.69. The molecule has 0 saturated carbocycles. The zero-order valence-corrected chi connectivity index (χ0v) is 12.5. The molecule has 0 radical (unpaired) electrons. The van der Waals surface area contributed by atoms with Gasteiger partial charge in [-0.2, -0.15) is 0 Å². The Morgan fingerprint density at radius 3 is 2.70 bits per heavy atom. The maximum Gasteiger partial charge on any atom is 0.250 e. The lowest BCUT2D eigenvalue weighted by molar-refractivity contribution is 0.715. The number of anilines is 1. The molecule has 1 aromatic heterocycles. The van der Waals surface area contributed by atoms with Crippen LogP contribution in [0, 0.1) is 0 Å². The minimum atomic E-state index is 0.0221. The van der Waals surface area contributed by atoms with E-state index < -0.39 is 0 Å². The molecule has 1 N–H and O–H groups in total. The molecule has 106 valence electrons. The maximum atomic E-state index is 11.6. The third-order valence-electron chi connectivity index (χ3n) is 3.32. The Morgan fingerprint density at radius 2 is 2.05 bits per heavy atom. The highest BCUT2D eigenvalue weighted by atomic mass is 35.5. The fourth-order valence-electron chi connectivity index (χ4n) is 2.21. The van der Waals surface area contributed by atoms with E-state index in [4.69, 9.17) is 11.6 Å². The van der Waals surface area contributed by atoms with Crippen molar-refractivity contribution in [1.29, 1.82) is 0 Å². The minimum absolute atomic E-state index is 0.0221. The SMILES string of the molecule is CCC(Nc1ccc(=O)n(CC)c1)c1cccc(Cl)c1. The Balaban J connectivity index is 2.24. The molecule has 20 heavy (non-hydrogen) atoms. The summed E-state index contributed by atoms with van der Waals surface area (Å²) in [5, 5.41) is 4.19. The fraction of sp³-hybridized carbons (Fsp3) is 0.312. The quantitative estimate of drug-likeness (QED) is 0.900. The van der Waals surface area contributed by atoms with Gasteiger partial charge in [0, 0.05) is 23.8 Å². The number of benzene rings is 1. The summed E-state index contributed by atoms with van der Waals surface area (Å²) >= 11 is 6.04. The van der Waals surface area contributed by atoms with Crippen LogP contribution in [0.25, 0.3) is 0 Å². The van der Waals surface area contributed by atoms with Crippen LogP contribution in [-0.2, 0) is 6.54 Å². The van der Waals surface area contributed by atoms with Gasteiger partial charge in [-0.3, -0.25) is 4.79 Å². The summed E-state index contributed by atoms with van der Waals surface area (Å²) in [6.07, 6.45) is 2.79. The van der Waals surface area contributed by atoms with Gasteiger partial charge in [0.2, 0.25) is 0 Å². The molecule has 2 aromatic rings. The van der Waals surface area contributed by atoms with E-state index >= 15 is 0 Å². The van der Waals surface area contributed by atoms with Crippen molar-refractivity contribution in [2.24, 2.45) is 0 Å². The van der Waals surface area contributed by atoms with E-state index in [0.717, 1.165) is 22.7 Å². The van der Waals surface area contributed by atoms with Crippen LogP contribution in [0.4, 0.5) is 5.69 Å². The lowest BCUT2D eigenvalue weighted by Crippen LogP contribution is -2.19. The minimum Gasteiger partial charge on any atom is -0.377 e. The number of hydrogen-bond acceptors (Lipinski definition) is 2. The molecule has 1 aromatic carbocycles. The molecule has 2 rings (SSSR count). The normalized spacial score (nSPS) is 12.2. The number of rotatable bonds is 5. The summed E-state index contributed by atoms with van der Waals surface area (Å²) in [6.45, 7) is 4.75. The van der Waals surface area contributed by atoms with Gasteiger partial charge in [-0.05, 0) is 37.1 Å². The number of aromatic nitrogens is 1. The van der Waals surface area contributed by atoms with Crippen LogP contribution in [0.1, 0.15) is 31.9 Å². The van der Waals surface area contributed by atoms with Crippen molar-refractivity contribution in [3.63, 3.8) is 0 Å². The van der Waals surface area contributed by atoms with Gasteiger partial charge in [0.05, 0.1) is 11.7 Å². The first-order valence-electron chi connectivity index (χ1n) is 6.86. The highest BCUT2D eigenvalue weighted by Gasteiger charge is 2.10. The standard InChI is InChI=1S/C16H19ClN2O/c1-3-15(12-6-5-7-13(17)10-12)18-14-8-9-16(20)19(4-2)11-14/h5-11,15,18H,3-4H2,1-2H3. The molecule has 0 amide bonds.